The van der Waals surface area contributed by atoms with Gasteiger partial charge in [-0.25, -0.2) is 0 Å². The van der Waals surface area contributed by atoms with Crippen molar-refractivity contribution in [2.75, 3.05) is 13.6 Å². The molecule has 0 radical (unpaired) electrons. The Morgan fingerprint density at radius 1 is 0.950 bits per heavy atom. The molecule has 5 heteroatoms. The van der Waals surface area contributed by atoms with E-state index in [0.29, 0.717) is 10.7 Å². The topological polar surface area (TPSA) is 40.5 Å². The molecule has 0 aromatic heterocycles. The summed E-state index contributed by atoms with van der Waals surface area (Å²) in [6.45, 7) is 1.01. The van der Waals surface area contributed by atoms with Crippen LogP contribution >= 0.6 is 24.8 Å². The Balaban J connectivity index is 3.10. The smallest absolute Gasteiger partial charge is 0.303 e. The van der Waals surface area contributed by atoms with Crippen LogP contribution in [0.15, 0.2) is 0 Å². The molecule has 0 unspecified atom stereocenters. The van der Waals surface area contributed by atoms with Gasteiger partial charge in [0, 0.05) is 20.0 Å². The van der Waals surface area contributed by atoms with Crippen LogP contribution in [0, 0.1) is 0 Å². The second kappa shape index (κ2) is 13.7. The number of carboxylic acid groups (broad SMARTS) is 1. The van der Waals surface area contributed by atoms with Crippen LogP contribution in [0.3, 0.4) is 0 Å². The lowest BCUT2D eigenvalue weighted by molar-refractivity contribution is -0.137. The number of hydrogen-bond acceptors (Lipinski definition) is 2. The molecule has 0 rings (SSSR count). The van der Waals surface area contributed by atoms with E-state index in [2.05, 4.69) is 12.6 Å². The van der Waals surface area contributed by atoms with Crippen LogP contribution in [-0.2, 0) is 4.79 Å². The van der Waals surface area contributed by atoms with Crippen molar-refractivity contribution in [1.29, 1.82) is 0 Å². The number of thiocarbonyl (C=S) groups is 1. The summed E-state index contributed by atoms with van der Waals surface area (Å²) in [6, 6.07) is 0. The molecule has 0 saturated carbocycles. The summed E-state index contributed by atoms with van der Waals surface area (Å²) in [5, 5.41) is 8.51. The van der Waals surface area contributed by atoms with Crippen LogP contribution in [0.5, 0.6) is 0 Å². The Bertz CT molecular complexity index is 273. The molecule has 0 spiro atoms. The Kier molecular flexibility index (Phi) is 13.5. The highest BCUT2D eigenvalue weighted by Crippen LogP contribution is 2.11. The highest BCUT2D eigenvalue weighted by molar-refractivity contribution is 8.10. The molecule has 0 saturated heterocycles. The van der Waals surface area contributed by atoms with Crippen molar-refractivity contribution >= 4 is 35.1 Å². The zero-order valence-corrected chi connectivity index (χ0v) is 14.4. The first kappa shape index (κ1) is 19.7. The van der Waals surface area contributed by atoms with Crippen molar-refractivity contribution in [3.63, 3.8) is 0 Å². The fourth-order valence-corrected chi connectivity index (χ4v) is 2.33. The zero-order chi connectivity index (χ0) is 15.2. The van der Waals surface area contributed by atoms with E-state index in [9.17, 15) is 4.79 Å². The van der Waals surface area contributed by atoms with Gasteiger partial charge in [0.25, 0.3) is 0 Å². The Labute approximate surface area is 134 Å². The minimum Gasteiger partial charge on any atom is -0.481 e. The van der Waals surface area contributed by atoms with Crippen LogP contribution in [0.25, 0.3) is 0 Å². The van der Waals surface area contributed by atoms with Gasteiger partial charge in [-0.1, -0.05) is 63.6 Å². The van der Waals surface area contributed by atoms with Gasteiger partial charge in [0.2, 0.25) is 0 Å². The van der Waals surface area contributed by atoms with Crippen molar-refractivity contribution in [1.82, 2.24) is 4.90 Å². The molecule has 0 amide bonds. The molecule has 1 N–H and O–H groups in total. The van der Waals surface area contributed by atoms with E-state index < -0.39 is 5.97 Å². The van der Waals surface area contributed by atoms with Gasteiger partial charge in [-0.15, -0.1) is 12.6 Å². The van der Waals surface area contributed by atoms with Crippen LogP contribution in [0.2, 0.25) is 0 Å². The summed E-state index contributed by atoms with van der Waals surface area (Å²) in [5.74, 6) is -0.672. The van der Waals surface area contributed by atoms with Crippen LogP contribution < -0.4 is 0 Å². The van der Waals surface area contributed by atoms with Gasteiger partial charge in [0.05, 0.1) is 0 Å². The van der Waals surface area contributed by atoms with E-state index in [-0.39, 0.29) is 0 Å². The molecular weight excluding hydrogens is 290 g/mol. The molecule has 0 bridgehead atoms. The van der Waals surface area contributed by atoms with E-state index >= 15 is 0 Å². The van der Waals surface area contributed by atoms with Gasteiger partial charge in [0.1, 0.15) is 4.32 Å². The molecule has 20 heavy (non-hydrogen) atoms. The predicted octanol–water partition coefficient (Wildman–Crippen LogP) is 4.51. The second-order valence-corrected chi connectivity index (χ2v) is 6.50. The third-order valence-electron chi connectivity index (χ3n) is 3.46. The predicted molar refractivity (Wildman–Crippen MR) is 92.6 cm³/mol. The number of aliphatic carboxylic acids is 1. The summed E-state index contributed by atoms with van der Waals surface area (Å²) >= 11 is 9.10. The van der Waals surface area contributed by atoms with Crippen molar-refractivity contribution in [2.24, 2.45) is 0 Å². The van der Waals surface area contributed by atoms with Gasteiger partial charge in [-0.3, -0.25) is 4.79 Å². The first-order chi connectivity index (χ1) is 9.54. The minimum absolute atomic E-state index is 0.324. The maximum absolute atomic E-state index is 10.3. The monoisotopic (exact) mass is 319 g/mol. The van der Waals surface area contributed by atoms with Gasteiger partial charge in [-0.2, -0.15) is 0 Å². The summed E-state index contributed by atoms with van der Waals surface area (Å²) in [7, 11) is 1.99. The quantitative estimate of drug-likeness (QED) is 0.298. The van der Waals surface area contributed by atoms with E-state index in [1.165, 1.54) is 51.4 Å². The lowest BCUT2D eigenvalue weighted by Gasteiger charge is -2.15. The second-order valence-electron chi connectivity index (χ2n) is 5.38. The molecule has 0 aliphatic rings. The summed E-state index contributed by atoms with van der Waals surface area (Å²) in [4.78, 5) is 12.3. The largest absolute Gasteiger partial charge is 0.481 e. The SMILES string of the molecule is CN(CCCCCCCCCCCCC(=O)O)C(=S)S. The molecule has 0 heterocycles. The van der Waals surface area contributed by atoms with E-state index in [1.54, 1.807) is 0 Å². The summed E-state index contributed by atoms with van der Waals surface area (Å²) < 4.78 is 0.674. The number of hydrogen-bond donors (Lipinski definition) is 2. The molecule has 0 aromatic rings. The molecule has 0 aliphatic carbocycles. The molecule has 0 fully saturated rings. The summed E-state index contributed by atoms with van der Waals surface area (Å²) in [5.41, 5.74) is 0. The standard InChI is InChI=1S/C15H29NO2S2/c1-16(15(19)20)13-11-9-7-5-3-2-4-6-8-10-12-14(17)18/h2-13H2,1H3,(H,17,18)(H,19,20). The molecule has 0 atom stereocenters. The maximum atomic E-state index is 10.3. The first-order valence-corrected chi connectivity index (χ1v) is 8.55. The third kappa shape index (κ3) is 14.1. The fourth-order valence-electron chi connectivity index (χ4n) is 2.14. The first-order valence-electron chi connectivity index (χ1n) is 7.70. The lowest BCUT2D eigenvalue weighted by atomic mass is 10.1. The highest BCUT2D eigenvalue weighted by atomic mass is 32.1. The number of thiol groups is 1. The Hall–Kier alpha value is -0.290. The van der Waals surface area contributed by atoms with E-state index in [4.69, 9.17) is 17.3 Å². The third-order valence-corrected chi connectivity index (χ3v) is 4.11. The Morgan fingerprint density at radius 2 is 1.35 bits per heavy atom. The molecular formula is C15H29NO2S2. The number of unbranched alkanes of at least 4 members (excludes halogenated alkanes) is 9. The van der Waals surface area contributed by atoms with E-state index in [0.717, 1.165) is 19.4 Å². The minimum atomic E-state index is -0.672. The van der Waals surface area contributed by atoms with Crippen molar-refractivity contribution in [2.45, 2.75) is 70.6 Å². The van der Waals surface area contributed by atoms with Gasteiger partial charge >= 0.3 is 5.97 Å². The number of nitrogens with zero attached hydrogens (tertiary/aromatic N) is 1. The maximum Gasteiger partial charge on any atom is 0.303 e. The van der Waals surface area contributed by atoms with Crippen LogP contribution in [0.1, 0.15) is 70.6 Å². The van der Waals surface area contributed by atoms with Crippen molar-refractivity contribution in [3.8, 4) is 0 Å². The number of rotatable bonds is 13. The fraction of sp³-hybridized carbons (Fsp3) is 0.867. The molecule has 118 valence electrons. The van der Waals surface area contributed by atoms with Crippen molar-refractivity contribution in [3.05, 3.63) is 0 Å². The highest BCUT2D eigenvalue weighted by Gasteiger charge is 1.99. The van der Waals surface area contributed by atoms with Crippen molar-refractivity contribution < 1.29 is 9.90 Å². The van der Waals surface area contributed by atoms with E-state index in [1.807, 2.05) is 11.9 Å². The number of carbonyl (C=O) groups is 1. The Morgan fingerprint density at radius 3 is 1.75 bits per heavy atom. The van der Waals surface area contributed by atoms with Gasteiger partial charge in [-0.05, 0) is 12.8 Å². The molecule has 3 nitrogen and oxygen atoms in total. The molecule has 0 aliphatic heterocycles. The van der Waals surface area contributed by atoms with Crippen LogP contribution in [0.4, 0.5) is 0 Å². The average molecular weight is 320 g/mol. The number of carboxylic acids is 1. The summed E-state index contributed by atoms with van der Waals surface area (Å²) in [6.07, 6.45) is 12.3. The normalized spacial score (nSPS) is 10.5. The van der Waals surface area contributed by atoms with Crippen LogP contribution in [-0.4, -0.2) is 33.9 Å². The zero-order valence-electron chi connectivity index (χ0n) is 12.6. The van der Waals surface area contributed by atoms with Gasteiger partial charge < -0.3 is 10.0 Å². The lowest BCUT2D eigenvalue weighted by Crippen LogP contribution is -2.21. The van der Waals surface area contributed by atoms with Gasteiger partial charge in [0.15, 0.2) is 0 Å². The molecule has 0 aromatic carbocycles. The average Bonchev–Trinajstić information content (AvgIpc) is 2.39.